The van der Waals surface area contributed by atoms with Crippen LogP contribution < -0.4 is 5.32 Å². The van der Waals surface area contributed by atoms with Crippen molar-refractivity contribution in [1.82, 2.24) is 5.32 Å². The van der Waals surface area contributed by atoms with Crippen molar-refractivity contribution in [2.75, 3.05) is 12.3 Å². The van der Waals surface area contributed by atoms with E-state index >= 15 is 0 Å². The number of hydrogen-bond acceptors (Lipinski definition) is 3. The van der Waals surface area contributed by atoms with E-state index in [9.17, 15) is 8.42 Å². The van der Waals surface area contributed by atoms with Gasteiger partial charge in [0.2, 0.25) is 0 Å². The van der Waals surface area contributed by atoms with E-state index < -0.39 is 9.84 Å². The molecular formula is C11H23NO2S. The minimum Gasteiger partial charge on any atom is -0.313 e. The SMILES string of the molecule is CCCNC(CS(=O)(=O)C(C)C)C1CC1. The molecule has 1 N–H and O–H groups in total. The summed E-state index contributed by atoms with van der Waals surface area (Å²) in [7, 11) is -2.90. The second-order valence-electron chi connectivity index (χ2n) is 4.78. The summed E-state index contributed by atoms with van der Waals surface area (Å²) in [5, 5.41) is 3.12. The standard InChI is InChI=1S/C11H23NO2S/c1-4-7-12-11(10-5-6-10)8-15(13,14)9(2)3/h9-12H,4-8H2,1-3H3. The first-order valence-corrected chi connectivity index (χ1v) is 7.64. The largest absolute Gasteiger partial charge is 0.313 e. The van der Waals surface area contributed by atoms with Gasteiger partial charge in [-0.1, -0.05) is 6.92 Å². The van der Waals surface area contributed by atoms with Crippen molar-refractivity contribution in [1.29, 1.82) is 0 Å². The maximum Gasteiger partial charge on any atom is 0.154 e. The third-order valence-corrected chi connectivity index (χ3v) is 5.24. The normalized spacial score (nSPS) is 19.5. The number of rotatable bonds is 7. The van der Waals surface area contributed by atoms with Crippen LogP contribution in [-0.4, -0.2) is 32.0 Å². The van der Waals surface area contributed by atoms with Gasteiger partial charge >= 0.3 is 0 Å². The van der Waals surface area contributed by atoms with Crippen molar-refractivity contribution in [3.63, 3.8) is 0 Å². The van der Waals surface area contributed by atoms with E-state index in [1.54, 1.807) is 13.8 Å². The lowest BCUT2D eigenvalue weighted by Crippen LogP contribution is -2.39. The van der Waals surface area contributed by atoms with E-state index in [0.717, 1.165) is 13.0 Å². The van der Waals surface area contributed by atoms with E-state index in [1.807, 2.05) is 0 Å². The van der Waals surface area contributed by atoms with Gasteiger partial charge < -0.3 is 5.32 Å². The Bertz CT molecular complexity index is 281. The van der Waals surface area contributed by atoms with E-state index in [-0.39, 0.29) is 11.3 Å². The molecule has 1 fully saturated rings. The van der Waals surface area contributed by atoms with Gasteiger partial charge in [0.15, 0.2) is 9.84 Å². The van der Waals surface area contributed by atoms with Gasteiger partial charge in [0, 0.05) is 6.04 Å². The molecule has 1 aliphatic carbocycles. The Morgan fingerprint density at radius 1 is 1.33 bits per heavy atom. The summed E-state index contributed by atoms with van der Waals surface area (Å²) < 4.78 is 23.6. The fraction of sp³-hybridized carbons (Fsp3) is 1.00. The lowest BCUT2D eigenvalue weighted by atomic mass is 10.2. The first kappa shape index (κ1) is 13.0. The predicted octanol–water partition coefficient (Wildman–Crippen LogP) is 1.59. The van der Waals surface area contributed by atoms with Crippen molar-refractivity contribution < 1.29 is 8.42 Å². The topological polar surface area (TPSA) is 46.2 Å². The Hall–Kier alpha value is -0.0900. The molecule has 3 nitrogen and oxygen atoms in total. The monoisotopic (exact) mass is 233 g/mol. The Kier molecular flexibility index (Phi) is 4.59. The second-order valence-corrected chi connectivity index (χ2v) is 7.38. The van der Waals surface area contributed by atoms with Crippen LogP contribution in [0.2, 0.25) is 0 Å². The van der Waals surface area contributed by atoms with Gasteiger partial charge in [-0.3, -0.25) is 0 Å². The third kappa shape index (κ3) is 4.11. The van der Waals surface area contributed by atoms with Crippen LogP contribution in [0, 0.1) is 5.92 Å². The molecule has 0 spiro atoms. The van der Waals surface area contributed by atoms with Crippen LogP contribution in [0.5, 0.6) is 0 Å². The molecule has 0 aromatic rings. The highest BCUT2D eigenvalue weighted by Gasteiger charge is 2.34. The average Bonchev–Trinajstić information content (AvgIpc) is 2.94. The first-order valence-electron chi connectivity index (χ1n) is 5.92. The molecule has 0 aromatic carbocycles. The van der Waals surface area contributed by atoms with Gasteiger partial charge in [-0.2, -0.15) is 0 Å². The van der Waals surface area contributed by atoms with E-state index in [2.05, 4.69) is 12.2 Å². The maximum atomic E-state index is 11.8. The highest BCUT2D eigenvalue weighted by molar-refractivity contribution is 7.92. The van der Waals surface area contributed by atoms with Gasteiger partial charge in [0.1, 0.15) is 0 Å². The molecule has 0 radical (unpaired) electrons. The molecule has 1 rings (SSSR count). The minimum absolute atomic E-state index is 0.192. The summed E-state index contributed by atoms with van der Waals surface area (Å²) in [4.78, 5) is 0. The summed E-state index contributed by atoms with van der Waals surface area (Å²) >= 11 is 0. The van der Waals surface area contributed by atoms with Crippen molar-refractivity contribution >= 4 is 9.84 Å². The average molecular weight is 233 g/mol. The number of sulfone groups is 1. The van der Waals surface area contributed by atoms with E-state index in [1.165, 1.54) is 12.8 Å². The van der Waals surface area contributed by atoms with Crippen molar-refractivity contribution in [3.8, 4) is 0 Å². The zero-order chi connectivity index (χ0) is 11.5. The molecule has 1 aliphatic rings. The Morgan fingerprint density at radius 2 is 1.93 bits per heavy atom. The van der Waals surface area contributed by atoms with Crippen LogP contribution in [0.1, 0.15) is 40.0 Å². The van der Waals surface area contributed by atoms with E-state index in [4.69, 9.17) is 0 Å². The molecule has 0 heterocycles. The van der Waals surface area contributed by atoms with Gasteiger partial charge in [0.25, 0.3) is 0 Å². The Labute approximate surface area is 93.6 Å². The first-order chi connectivity index (χ1) is 6.97. The van der Waals surface area contributed by atoms with Crippen LogP contribution in [0.3, 0.4) is 0 Å². The van der Waals surface area contributed by atoms with Crippen LogP contribution in [-0.2, 0) is 9.84 Å². The smallest absolute Gasteiger partial charge is 0.154 e. The van der Waals surface area contributed by atoms with Gasteiger partial charge in [-0.15, -0.1) is 0 Å². The van der Waals surface area contributed by atoms with E-state index in [0.29, 0.717) is 11.7 Å². The fourth-order valence-electron chi connectivity index (χ4n) is 1.63. The Morgan fingerprint density at radius 3 is 2.33 bits per heavy atom. The molecule has 0 aliphatic heterocycles. The summed E-state index contributed by atoms with van der Waals surface area (Å²) in [5.74, 6) is 0.917. The predicted molar refractivity (Wildman–Crippen MR) is 63.7 cm³/mol. The maximum absolute atomic E-state index is 11.8. The quantitative estimate of drug-likeness (QED) is 0.726. The summed E-state index contributed by atoms with van der Waals surface area (Å²) in [6.45, 7) is 6.56. The van der Waals surface area contributed by atoms with Crippen LogP contribution in [0.25, 0.3) is 0 Å². The van der Waals surface area contributed by atoms with Gasteiger partial charge in [-0.25, -0.2) is 8.42 Å². The Balaban J connectivity index is 2.50. The highest BCUT2D eigenvalue weighted by atomic mass is 32.2. The molecule has 1 atom stereocenters. The van der Waals surface area contributed by atoms with Crippen LogP contribution in [0.4, 0.5) is 0 Å². The molecule has 0 aromatic heterocycles. The van der Waals surface area contributed by atoms with Crippen molar-refractivity contribution in [2.45, 2.75) is 51.3 Å². The fourth-order valence-corrected chi connectivity index (χ4v) is 2.91. The highest BCUT2D eigenvalue weighted by Crippen LogP contribution is 2.33. The minimum atomic E-state index is -2.90. The molecule has 0 saturated heterocycles. The zero-order valence-electron chi connectivity index (χ0n) is 9.99. The molecule has 1 unspecified atom stereocenters. The lowest BCUT2D eigenvalue weighted by Gasteiger charge is -2.19. The van der Waals surface area contributed by atoms with Crippen molar-refractivity contribution in [2.24, 2.45) is 5.92 Å². The zero-order valence-corrected chi connectivity index (χ0v) is 10.8. The second kappa shape index (κ2) is 5.30. The van der Waals surface area contributed by atoms with Gasteiger partial charge in [0.05, 0.1) is 11.0 Å². The number of nitrogens with one attached hydrogen (secondary N) is 1. The number of hydrogen-bond donors (Lipinski definition) is 1. The molecule has 4 heteroatoms. The molecule has 0 amide bonds. The summed E-state index contributed by atoms with van der Waals surface area (Å²) in [6.07, 6.45) is 3.44. The molecule has 1 saturated carbocycles. The van der Waals surface area contributed by atoms with Crippen LogP contribution >= 0.6 is 0 Å². The third-order valence-electron chi connectivity index (χ3n) is 2.98. The van der Waals surface area contributed by atoms with Gasteiger partial charge in [-0.05, 0) is 45.6 Å². The molecule has 90 valence electrons. The molecule has 0 bridgehead atoms. The summed E-state index contributed by atoms with van der Waals surface area (Å²) in [6, 6.07) is 0.192. The van der Waals surface area contributed by atoms with Crippen molar-refractivity contribution in [3.05, 3.63) is 0 Å². The van der Waals surface area contributed by atoms with Crippen LogP contribution in [0.15, 0.2) is 0 Å². The lowest BCUT2D eigenvalue weighted by molar-refractivity contribution is 0.487. The molecular weight excluding hydrogens is 210 g/mol. The molecule has 15 heavy (non-hydrogen) atoms. The summed E-state index contributed by atoms with van der Waals surface area (Å²) in [5.41, 5.74) is 0.